The summed E-state index contributed by atoms with van der Waals surface area (Å²) in [6, 6.07) is 1.89. The van der Waals surface area contributed by atoms with Crippen molar-refractivity contribution < 1.29 is 9.53 Å². The molecule has 1 amide bonds. The normalized spacial score (nSPS) is 23.4. The van der Waals surface area contributed by atoms with E-state index in [1.54, 1.807) is 29.3 Å². The smallest absolute Gasteiger partial charge is 0.257 e. The molecule has 0 N–H and O–H groups in total. The zero-order valence-corrected chi connectivity index (χ0v) is 13.8. The summed E-state index contributed by atoms with van der Waals surface area (Å²) in [7, 11) is 1.82. The van der Waals surface area contributed by atoms with Crippen molar-refractivity contribution in [1.29, 1.82) is 0 Å². The van der Waals surface area contributed by atoms with Gasteiger partial charge in [0.15, 0.2) is 0 Å². The van der Waals surface area contributed by atoms with Crippen molar-refractivity contribution >= 4 is 11.9 Å². The first kappa shape index (κ1) is 15.1. The molecule has 0 unspecified atom stereocenters. The predicted molar refractivity (Wildman–Crippen MR) is 86.8 cm³/mol. The summed E-state index contributed by atoms with van der Waals surface area (Å²) >= 11 is 0. The van der Waals surface area contributed by atoms with E-state index in [1.165, 1.54) is 0 Å². The van der Waals surface area contributed by atoms with Gasteiger partial charge in [-0.3, -0.25) is 9.48 Å². The number of aromatic nitrogens is 4. The maximum Gasteiger partial charge on any atom is 0.257 e. The topological polar surface area (TPSA) is 76.4 Å². The molecule has 4 heterocycles. The average molecular weight is 328 g/mol. The van der Waals surface area contributed by atoms with E-state index >= 15 is 0 Å². The van der Waals surface area contributed by atoms with Gasteiger partial charge in [-0.05, 0) is 13.0 Å². The van der Waals surface area contributed by atoms with Crippen molar-refractivity contribution in [2.75, 3.05) is 31.1 Å². The molecule has 2 aliphatic rings. The van der Waals surface area contributed by atoms with E-state index in [2.05, 4.69) is 20.0 Å². The van der Waals surface area contributed by atoms with Crippen LogP contribution < -0.4 is 4.90 Å². The third-order valence-corrected chi connectivity index (χ3v) is 4.64. The number of hydrogen-bond acceptors (Lipinski definition) is 6. The molecule has 126 valence electrons. The predicted octanol–water partition coefficient (Wildman–Crippen LogP) is 0.248. The van der Waals surface area contributed by atoms with Gasteiger partial charge >= 0.3 is 0 Å². The van der Waals surface area contributed by atoms with Crippen LogP contribution >= 0.6 is 0 Å². The summed E-state index contributed by atoms with van der Waals surface area (Å²) in [5.41, 5.74) is 1.40. The van der Waals surface area contributed by atoms with E-state index in [0.29, 0.717) is 31.2 Å². The van der Waals surface area contributed by atoms with Gasteiger partial charge in [0.05, 0.1) is 30.0 Å². The fourth-order valence-corrected chi connectivity index (χ4v) is 3.52. The molecule has 2 aromatic rings. The summed E-state index contributed by atoms with van der Waals surface area (Å²) < 4.78 is 7.57. The highest BCUT2D eigenvalue weighted by atomic mass is 16.5. The second-order valence-corrected chi connectivity index (χ2v) is 6.23. The number of ether oxygens (including phenoxy) is 1. The van der Waals surface area contributed by atoms with Crippen molar-refractivity contribution in [3.63, 3.8) is 0 Å². The molecule has 0 aliphatic carbocycles. The Hall–Kier alpha value is -2.48. The van der Waals surface area contributed by atoms with Crippen LogP contribution in [0.5, 0.6) is 0 Å². The van der Waals surface area contributed by atoms with Crippen LogP contribution in [0.3, 0.4) is 0 Å². The number of hydrogen-bond donors (Lipinski definition) is 0. The standard InChI is InChI=1S/C16H20N6O2/c1-11-12(8-20(2)19-11)15(23)21-9-13-14(10-21)24-7-6-22(13)16-17-4-3-5-18-16/h3-5,8,13-14H,6-7,9-10H2,1-2H3/t13-,14-/m0/s1. The molecule has 0 saturated carbocycles. The van der Waals surface area contributed by atoms with Crippen molar-refractivity contribution in [2.45, 2.75) is 19.1 Å². The molecule has 8 heteroatoms. The van der Waals surface area contributed by atoms with Gasteiger partial charge in [-0.15, -0.1) is 0 Å². The number of carbonyl (C=O) groups is 1. The molecule has 0 spiro atoms. The van der Waals surface area contributed by atoms with Crippen LogP contribution in [0.1, 0.15) is 16.1 Å². The van der Waals surface area contributed by atoms with Crippen LogP contribution in [0.2, 0.25) is 0 Å². The molecule has 8 nitrogen and oxygen atoms in total. The number of fused-ring (bicyclic) bond motifs is 1. The lowest BCUT2D eigenvalue weighted by molar-refractivity contribution is 0.0296. The first-order chi connectivity index (χ1) is 11.6. The monoisotopic (exact) mass is 328 g/mol. The molecule has 2 atom stereocenters. The fourth-order valence-electron chi connectivity index (χ4n) is 3.52. The molecule has 0 radical (unpaired) electrons. The number of nitrogens with zero attached hydrogens (tertiary/aromatic N) is 6. The summed E-state index contributed by atoms with van der Waals surface area (Å²) in [5.74, 6) is 0.704. The number of carbonyl (C=O) groups excluding carboxylic acids is 1. The van der Waals surface area contributed by atoms with Gasteiger partial charge in [-0.25, -0.2) is 9.97 Å². The number of likely N-dealkylation sites (tertiary alicyclic amines) is 1. The first-order valence-electron chi connectivity index (χ1n) is 8.08. The Kier molecular flexibility index (Phi) is 3.68. The SMILES string of the molecule is Cc1nn(C)cc1C(=O)N1C[C@@H]2OCCN(c3ncccn3)[C@H]2C1. The number of morpholine rings is 1. The molecule has 2 saturated heterocycles. The Bertz CT molecular complexity index is 746. The van der Waals surface area contributed by atoms with Gasteiger partial charge in [-0.1, -0.05) is 0 Å². The number of rotatable bonds is 2. The minimum absolute atomic E-state index is 0.00697. The van der Waals surface area contributed by atoms with Gasteiger partial charge in [0, 0.05) is 45.3 Å². The van der Waals surface area contributed by atoms with E-state index in [4.69, 9.17) is 4.74 Å². The van der Waals surface area contributed by atoms with Gasteiger partial charge in [-0.2, -0.15) is 5.10 Å². The third kappa shape index (κ3) is 2.52. The molecule has 2 fully saturated rings. The van der Waals surface area contributed by atoms with Crippen LogP contribution in [0.15, 0.2) is 24.7 Å². The number of amides is 1. The fraction of sp³-hybridized carbons (Fsp3) is 0.500. The first-order valence-corrected chi connectivity index (χ1v) is 8.08. The minimum atomic E-state index is -0.0107. The molecular weight excluding hydrogens is 308 g/mol. The second kappa shape index (κ2) is 5.86. The van der Waals surface area contributed by atoms with E-state index in [9.17, 15) is 4.79 Å². The average Bonchev–Trinajstić information content (AvgIpc) is 3.17. The molecule has 24 heavy (non-hydrogen) atoms. The highest BCUT2D eigenvalue weighted by Gasteiger charge is 2.43. The summed E-state index contributed by atoms with van der Waals surface area (Å²) in [6.07, 6.45) is 5.25. The van der Waals surface area contributed by atoms with E-state index in [1.807, 2.05) is 18.9 Å². The highest BCUT2D eigenvalue weighted by Crippen LogP contribution is 2.27. The zero-order valence-electron chi connectivity index (χ0n) is 13.8. The van der Waals surface area contributed by atoms with Crippen molar-refractivity contribution in [2.24, 2.45) is 7.05 Å². The molecule has 0 bridgehead atoms. The zero-order chi connectivity index (χ0) is 16.7. The number of aryl methyl sites for hydroxylation is 2. The summed E-state index contributed by atoms with van der Waals surface area (Å²) in [4.78, 5) is 25.5. The Balaban J connectivity index is 1.56. The molecule has 4 rings (SSSR count). The quantitative estimate of drug-likeness (QED) is 0.786. The largest absolute Gasteiger partial charge is 0.372 e. The number of anilines is 1. The minimum Gasteiger partial charge on any atom is -0.372 e. The molecule has 2 aliphatic heterocycles. The van der Waals surface area contributed by atoms with E-state index in [-0.39, 0.29) is 18.1 Å². The van der Waals surface area contributed by atoms with Crippen molar-refractivity contribution in [3.05, 3.63) is 35.9 Å². The van der Waals surface area contributed by atoms with Crippen molar-refractivity contribution in [3.8, 4) is 0 Å². The van der Waals surface area contributed by atoms with Crippen LogP contribution in [-0.4, -0.2) is 68.9 Å². The Morgan fingerprint density at radius 3 is 2.79 bits per heavy atom. The highest BCUT2D eigenvalue weighted by molar-refractivity contribution is 5.95. The molecular formula is C16H20N6O2. The lowest BCUT2D eigenvalue weighted by Gasteiger charge is -2.36. The van der Waals surface area contributed by atoms with E-state index < -0.39 is 0 Å². The van der Waals surface area contributed by atoms with Crippen LogP contribution in [0.25, 0.3) is 0 Å². The lowest BCUT2D eigenvalue weighted by atomic mass is 10.1. The third-order valence-electron chi connectivity index (χ3n) is 4.64. The Morgan fingerprint density at radius 1 is 1.29 bits per heavy atom. The van der Waals surface area contributed by atoms with Crippen LogP contribution in [0.4, 0.5) is 5.95 Å². The van der Waals surface area contributed by atoms with Gasteiger partial charge in [0.2, 0.25) is 5.95 Å². The van der Waals surface area contributed by atoms with Gasteiger partial charge in [0.1, 0.15) is 0 Å². The van der Waals surface area contributed by atoms with Crippen LogP contribution in [0, 0.1) is 6.92 Å². The van der Waals surface area contributed by atoms with Gasteiger partial charge < -0.3 is 14.5 Å². The summed E-state index contributed by atoms with van der Waals surface area (Å²) in [6.45, 7) is 4.40. The lowest BCUT2D eigenvalue weighted by Crippen LogP contribution is -2.51. The van der Waals surface area contributed by atoms with E-state index in [0.717, 1.165) is 12.2 Å². The second-order valence-electron chi connectivity index (χ2n) is 6.23. The Labute approximate surface area is 140 Å². The van der Waals surface area contributed by atoms with Crippen molar-refractivity contribution in [1.82, 2.24) is 24.6 Å². The molecule has 0 aromatic carbocycles. The summed E-state index contributed by atoms with van der Waals surface area (Å²) in [5, 5.41) is 4.26. The molecule has 2 aromatic heterocycles. The maximum atomic E-state index is 12.8. The van der Waals surface area contributed by atoms with Gasteiger partial charge in [0.25, 0.3) is 5.91 Å². The Morgan fingerprint density at radius 2 is 2.08 bits per heavy atom. The van der Waals surface area contributed by atoms with Crippen LogP contribution in [-0.2, 0) is 11.8 Å². The maximum absolute atomic E-state index is 12.8.